The molecule has 16 heavy (non-hydrogen) atoms. The molecule has 90 valence electrons. The summed E-state index contributed by atoms with van der Waals surface area (Å²) in [5.74, 6) is 0.653. The highest BCUT2D eigenvalue weighted by Gasteiger charge is 2.13. The lowest BCUT2D eigenvalue weighted by molar-refractivity contribution is 0.471. The molecule has 0 amide bonds. The smallest absolute Gasteiger partial charge is 0.134 e. The summed E-state index contributed by atoms with van der Waals surface area (Å²) in [6.07, 6.45) is 4.41. The molecule has 1 aromatic carbocycles. The van der Waals surface area contributed by atoms with Crippen molar-refractivity contribution >= 4 is 23.2 Å². The third-order valence-electron chi connectivity index (χ3n) is 2.77. The lowest BCUT2D eigenvalue weighted by atomic mass is 9.96. The predicted molar refractivity (Wildman–Crippen MR) is 70.5 cm³/mol. The van der Waals surface area contributed by atoms with Gasteiger partial charge in [-0.2, -0.15) is 0 Å². The van der Waals surface area contributed by atoms with E-state index in [1.807, 2.05) is 0 Å². The average Bonchev–Trinajstić information content (AvgIpc) is 2.27. The zero-order valence-corrected chi connectivity index (χ0v) is 11.3. The van der Waals surface area contributed by atoms with Gasteiger partial charge >= 0.3 is 0 Å². The van der Waals surface area contributed by atoms with Gasteiger partial charge in [-0.25, -0.2) is 0 Å². The van der Waals surface area contributed by atoms with Gasteiger partial charge in [0, 0.05) is 5.02 Å². The SMILES string of the molecule is CCCCC(C)Cc1c(Cl)ccc(O)c1Cl. The maximum absolute atomic E-state index is 9.52. The van der Waals surface area contributed by atoms with Crippen LogP contribution in [0.4, 0.5) is 0 Å². The van der Waals surface area contributed by atoms with Crippen LogP contribution in [-0.2, 0) is 6.42 Å². The number of rotatable bonds is 5. The van der Waals surface area contributed by atoms with Crippen molar-refractivity contribution in [3.05, 3.63) is 27.7 Å². The zero-order valence-electron chi connectivity index (χ0n) is 9.76. The Morgan fingerprint density at radius 1 is 1.31 bits per heavy atom. The van der Waals surface area contributed by atoms with E-state index < -0.39 is 0 Å². The Morgan fingerprint density at radius 3 is 2.62 bits per heavy atom. The van der Waals surface area contributed by atoms with E-state index in [9.17, 15) is 5.11 Å². The Labute approximate surface area is 107 Å². The number of benzene rings is 1. The van der Waals surface area contributed by atoms with Crippen molar-refractivity contribution in [1.29, 1.82) is 0 Å². The molecule has 1 aromatic rings. The third kappa shape index (κ3) is 3.57. The fraction of sp³-hybridized carbons (Fsp3) is 0.538. The van der Waals surface area contributed by atoms with Crippen molar-refractivity contribution in [2.75, 3.05) is 0 Å². The quantitative estimate of drug-likeness (QED) is 0.784. The van der Waals surface area contributed by atoms with Crippen molar-refractivity contribution in [2.24, 2.45) is 5.92 Å². The second-order valence-electron chi connectivity index (χ2n) is 4.31. The molecule has 0 saturated carbocycles. The molecule has 0 fully saturated rings. The van der Waals surface area contributed by atoms with Crippen molar-refractivity contribution in [3.63, 3.8) is 0 Å². The molecule has 0 saturated heterocycles. The summed E-state index contributed by atoms with van der Waals surface area (Å²) in [5.41, 5.74) is 0.868. The maximum atomic E-state index is 9.52. The molecule has 0 radical (unpaired) electrons. The van der Waals surface area contributed by atoms with Crippen LogP contribution in [-0.4, -0.2) is 5.11 Å². The summed E-state index contributed by atoms with van der Waals surface area (Å²) >= 11 is 12.1. The molecule has 1 atom stereocenters. The Kier molecular flexibility index (Phi) is 5.43. The lowest BCUT2D eigenvalue weighted by Crippen LogP contribution is -2.01. The minimum atomic E-state index is 0.115. The molecule has 0 bridgehead atoms. The number of hydrogen-bond donors (Lipinski definition) is 1. The van der Waals surface area contributed by atoms with Crippen LogP contribution < -0.4 is 0 Å². The summed E-state index contributed by atoms with van der Waals surface area (Å²) in [7, 11) is 0. The Balaban J connectivity index is 2.76. The van der Waals surface area contributed by atoms with E-state index in [0.717, 1.165) is 12.0 Å². The number of halogens is 2. The molecule has 1 rings (SSSR count). The van der Waals surface area contributed by atoms with E-state index in [1.54, 1.807) is 6.07 Å². The van der Waals surface area contributed by atoms with Gasteiger partial charge in [0.05, 0.1) is 5.02 Å². The first-order chi connectivity index (χ1) is 7.56. The van der Waals surface area contributed by atoms with E-state index in [2.05, 4.69) is 13.8 Å². The number of phenolic OH excluding ortho intramolecular Hbond substituents is 1. The molecule has 0 spiro atoms. The minimum Gasteiger partial charge on any atom is -0.506 e. The molecule has 1 nitrogen and oxygen atoms in total. The van der Waals surface area contributed by atoms with Gasteiger partial charge in [0.15, 0.2) is 0 Å². The van der Waals surface area contributed by atoms with E-state index in [-0.39, 0.29) is 5.75 Å². The van der Waals surface area contributed by atoms with E-state index in [4.69, 9.17) is 23.2 Å². The average molecular weight is 261 g/mol. The van der Waals surface area contributed by atoms with Crippen molar-refractivity contribution in [3.8, 4) is 5.75 Å². The van der Waals surface area contributed by atoms with Gasteiger partial charge in [0.1, 0.15) is 5.75 Å². The van der Waals surface area contributed by atoms with Crippen LogP contribution in [0.25, 0.3) is 0 Å². The normalized spacial score (nSPS) is 12.8. The van der Waals surface area contributed by atoms with Crippen LogP contribution in [0.15, 0.2) is 12.1 Å². The van der Waals surface area contributed by atoms with Gasteiger partial charge in [-0.05, 0) is 30.0 Å². The molecule has 0 heterocycles. The molecule has 3 heteroatoms. The van der Waals surface area contributed by atoms with Crippen LogP contribution in [0.1, 0.15) is 38.7 Å². The highest BCUT2D eigenvalue weighted by Crippen LogP contribution is 2.34. The van der Waals surface area contributed by atoms with Crippen LogP contribution in [0.5, 0.6) is 5.75 Å². The summed E-state index contributed by atoms with van der Waals surface area (Å²) in [6, 6.07) is 3.23. The monoisotopic (exact) mass is 260 g/mol. The predicted octanol–water partition coefficient (Wildman–Crippen LogP) is 5.07. The molecule has 0 aliphatic heterocycles. The van der Waals surface area contributed by atoms with E-state index in [0.29, 0.717) is 16.0 Å². The van der Waals surface area contributed by atoms with Crippen molar-refractivity contribution in [2.45, 2.75) is 39.5 Å². The highest BCUT2D eigenvalue weighted by atomic mass is 35.5. The number of aromatic hydroxyl groups is 1. The summed E-state index contributed by atoms with van der Waals surface area (Å²) < 4.78 is 0. The largest absolute Gasteiger partial charge is 0.506 e. The Morgan fingerprint density at radius 2 is 2.00 bits per heavy atom. The second-order valence-corrected chi connectivity index (χ2v) is 5.10. The molecule has 0 aliphatic rings. The van der Waals surface area contributed by atoms with Crippen LogP contribution >= 0.6 is 23.2 Å². The van der Waals surface area contributed by atoms with Crippen LogP contribution in [0.3, 0.4) is 0 Å². The van der Waals surface area contributed by atoms with Crippen molar-refractivity contribution in [1.82, 2.24) is 0 Å². The second kappa shape index (κ2) is 6.36. The number of hydrogen-bond acceptors (Lipinski definition) is 1. The van der Waals surface area contributed by atoms with Gasteiger partial charge in [-0.1, -0.05) is 56.3 Å². The highest BCUT2D eigenvalue weighted by molar-refractivity contribution is 6.36. The Hall–Kier alpha value is -0.400. The molecule has 1 N–H and O–H groups in total. The van der Waals surface area contributed by atoms with E-state index in [1.165, 1.54) is 25.3 Å². The topological polar surface area (TPSA) is 20.2 Å². The third-order valence-corrected chi connectivity index (χ3v) is 3.54. The zero-order chi connectivity index (χ0) is 12.1. The molecular formula is C13H18Cl2O. The summed E-state index contributed by atoms with van der Waals surface area (Å²) in [5, 5.41) is 10.6. The molecular weight excluding hydrogens is 243 g/mol. The van der Waals surface area contributed by atoms with Crippen molar-refractivity contribution < 1.29 is 5.11 Å². The number of unbranched alkanes of at least 4 members (excludes halogenated alkanes) is 1. The molecule has 0 aromatic heterocycles. The first-order valence-corrected chi connectivity index (χ1v) is 6.47. The fourth-order valence-corrected chi connectivity index (χ4v) is 2.30. The van der Waals surface area contributed by atoms with Gasteiger partial charge in [-0.3, -0.25) is 0 Å². The first kappa shape index (κ1) is 13.7. The first-order valence-electron chi connectivity index (χ1n) is 5.72. The summed E-state index contributed by atoms with van der Waals surface area (Å²) in [4.78, 5) is 0. The minimum absolute atomic E-state index is 0.115. The maximum Gasteiger partial charge on any atom is 0.134 e. The number of phenols is 1. The standard InChI is InChI=1S/C13H18Cl2O/c1-3-4-5-9(2)8-10-11(14)6-7-12(16)13(10)15/h6-7,9,16H,3-5,8H2,1-2H3. The van der Waals surface area contributed by atoms with Gasteiger partial charge < -0.3 is 5.11 Å². The lowest BCUT2D eigenvalue weighted by Gasteiger charge is -2.14. The van der Waals surface area contributed by atoms with Gasteiger partial charge in [-0.15, -0.1) is 0 Å². The summed E-state index contributed by atoms with van der Waals surface area (Å²) in [6.45, 7) is 4.37. The van der Waals surface area contributed by atoms with Crippen LogP contribution in [0.2, 0.25) is 10.0 Å². The van der Waals surface area contributed by atoms with E-state index >= 15 is 0 Å². The van der Waals surface area contributed by atoms with Gasteiger partial charge in [0.2, 0.25) is 0 Å². The van der Waals surface area contributed by atoms with Crippen LogP contribution in [0, 0.1) is 5.92 Å². The Bertz CT molecular complexity index is 350. The molecule has 1 unspecified atom stereocenters. The molecule has 0 aliphatic carbocycles. The fourth-order valence-electron chi connectivity index (χ4n) is 1.78. The van der Waals surface area contributed by atoms with Gasteiger partial charge in [0.25, 0.3) is 0 Å².